The Labute approximate surface area is 158 Å². The van der Waals surface area contributed by atoms with Gasteiger partial charge in [0.2, 0.25) is 5.91 Å². The fourth-order valence-electron chi connectivity index (χ4n) is 3.46. The molecule has 26 heavy (non-hydrogen) atoms. The summed E-state index contributed by atoms with van der Waals surface area (Å²) in [6.45, 7) is 9.40. The van der Waals surface area contributed by atoms with Crippen molar-refractivity contribution in [1.82, 2.24) is 15.1 Å². The molecule has 0 aromatic heterocycles. The zero-order chi connectivity index (χ0) is 18.9. The fraction of sp³-hybridized carbons (Fsp3) is 0.619. The quantitative estimate of drug-likeness (QED) is 0.628. The molecule has 1 aromatic carbocycles. The third-order valence-electron chi connectivity index (χ3n) is 5.08. The molecule has 1 aliphatic heterocycles. The van der Waals surface area contributed by atoms with Gasteiger partial charge in [-0.2, -0.15) is 0 Å². The second-order valence-corrected chi connectivity index (χ2v) is 7.20. The van der Waals surface area contributed by atoms with Gasteiger partial charge < -0.3 is 15.1 Å². The van der Waals surface area contributed by atoms with Crippen LogP contribution < -0.4 is 5.32 Å². The van der Waals surface area contributed by atoms with Crippen LogP contribution in [0.25, 0.3) is 0 Å². The summed E-state index contributed by atoms with van der Waals surface area (Å²) in [6, 6.07) is 8.78. The Kier molecular flexibility index (Phi) is 7.95. The van der Waals surface area contributed by atoms with E-state index in [4.69, 9.17) is 0 Å². The highest BCUT2D eigenvalue weighted by molar-refractivity contribution is 5.81. The van der Waals surface area contributed by atoms with E-state index in [-0.39, 0.29) is 5.91 Å². The number of nitrogens with zero attached hydrogens (tertiary/aromatic N) is 3. The van der Waals surface area contributed by atoms with Crippen molar-refractivity contribution in [2.45, 2.75) is 59.0 Å². The predicted octanol–water partition coefficient (Wildman–Crippen LogP) is 3.18. The normalized spacial score (nSPS) is 17.9. The van der Waals surface area contributed by atoms with Crippen LogP contribution in [-0.2, 0) is 11.3 Å². The molecular formula is C21H34N4O. The molecule has 0 spiro atoms. The smallest absolute Gasteiger partial charge is 0.224 e. The monoisotopic (exact) mass is 358 g/mol. The molecule has 144 valence electrons. The lowest BCUT2D eigenvalue weighted by Gasteiger charge is -2.33. The highest BCUT2D eigenvalue weighted by Crippen LogP contribution is 2.17. The van der Waals surface area contributed by atoms with E-state index in [1.54, 1.807) is 0 Å². The van der Waals surface area contributed by atoms with E-state index in [0.29, 0.717) is 19.0 Å². The molecule has 1 amide bonds. The third kappa shape index (κ3) is 5.75. The minimum absolute atomic E-state index is 0.235. The summed E-state index contributed by atoms with van der Waals surface area (Å²) in [6.07, 6.45) is 3.97. The Morgan fingerprint density at radius 3 is 2.81 bits per heavy atom. The van der Waals surface area contributed by atoms with Gasteiger partial charge in [-0.15, -0.1) is 0 Å². The Morgan fingerprint density at radius 2 is 2.12 bits per heavy atom. The van der Waals surface area contributed by atoms with Crippen LogP contribution >= 0.6 is 0 Å². The highest BCUT2D eigenvalue weighted by atomic mass is 16.2. The Bertz CT molecular complexity index is 614. The van der Waals surface area contributed by atoms with Gasteiger partial charge in [0.15, 0.2) is 5.96 Å². The lowest BCUT2D eigenvalue weighted by molar-refractivity contribution is -0.134. The van der Waals surface area contributed by atoms with Gasteiger partial charge in [-0.25, -0.2) is 0 Å². The van der Waals surface area contributed by atoms with Gasteiger partial charge in [0.1, 0.15) is 0 Å². The molecule has 2 rings (SSSR count). The first-order chi connectivity index (χ1) is 12.5. The molecule has 0 radical (unpaired) electrons. The van der Waals surface area contributed by atoms with Gasteiger partial charge in [0, 0.05) is 39.1 Å². The van der Waals surface area contributed by atoms with Crippen molar-refractivity contribution < 1.29 is 4.79 Å². The second-order valence-electron chi connectivity index (χ2n) is 7.20. The molecular weight excluding hydrogens is 324 g/mol. The fourth-order valence-corrected chi connectivity index (χ4v) is 3.46. The van der Waals surface area contributed by atoms with Crippen molar-refractivity contribution in [1.29, 1.82) is 0 Å². The molecule has 1 saturated heterocycles. The number of hydrogen-bond acceptors (Lipinski definition) is 2. The molecule has 0 saturated carbocycles. The molecule has 1 aromatic rings. The van der Waals surface area contributed by atoms with Crippen LogP contribution in [-0.4, -0.2) is 54.4 Å². The van der Waals surface area contributed by atoms with E-state index in [0.717, 1.165) is 38.4 Å². The van der Waals surface area contributed by atoms with Crippen molar-refractivity contribution in [2.75, 3.05) is 26.7 Å². The summed E-state index contributed by atoms with van der Waals surface area (Å²) >= 11 is 0. The number of hydrogen-bond donors (Lipinski definition) is 1. The summed E-state index contributed by atoms with van der Waals surface area (Å²) in [7, 11) is 2.04. The van der Waals surface area contributed by atoms with Gasteiger partial charge in [0.05, 0.1) is 6.54 Å². The van der Waals surface area contributed by atoms with Gasteiger partial charge in [0.25, 0.3) is 0 Å². The SMILES string of the molecule is CCNC(=NCCC(=O)N1CCCCC1C)N(C)Cc1ccccc1C. The number of carbonyl (C=O) groups excluding carboxylic acids is 1. The van der Waals surface area contributed by atoms with Crippen molar-refractivity contribution in [2.24, 2.45) is 4.99 Å². The summed E-state index contributed by atoms with van der Waals surface area (Å²) in [5, 5.41) is 3.34. The Morgan fingerprint density at radius 1 is 1.35 bits per heavy atom. The number of piperidine rings is 1. The predicted molar refractivity (Wildman–Crippen MR) is 108 cm³/mol. The number of likely N-dealkylation sites (tertiary alicyclic amines) is 1. The number of rotatable bonds is 6. The van der Waals surface area contributed by atoms with Crippen molar-refractivity contribution in [3.63, 3.8) is 0 Å². The minimum atomic E-state index is 0.235. The summed E-state index contributed by atoms with van der Waals surface area (Å²) in [4.78, 5) is 21.3. The number of carbonyl (C=O) groups is 1. The minimum Gasteiger partial charge on any atom is -0.357 e. The maximum absolute atomic E-state index is 12.5. The van der Waals surface area contributed by atoms with Crippen LogP contribution in [0.2, 0.25) is 0 Å². The summed E-state index contributed by atoms with van der Waals surface area (Å²) in [5.74, 6) is 1.09. The number of aryl methyl sites for hydroxylation is 1. The average molecular weight is 359 g/mol. The third-order valence-corrected chi connectivity index (χ3v) is 5.08. The lowest BCUT2D eigenvalue weighted by Crippen LogP contribution is -2.42. The molecule has 0 bridgehead atoms. The van der Waals surface area contributed by atoms with Crippen LogP contribution in [0.3, 0.4) is 0 Å². The molecule has 0 aliphatic carbocycles. The number of guanidine groups is 1. The van der Waals surface area contributed by atoms with Gasteiger partial charge >= 0.3 is 0 Å². The van der Waals surface area contributed by atoms with Crippen molar-refractivity contribution >= 4 is 11.9 Å². The van der Waals surface area contributed by atoms with Crippen LogP contribution in [0, 0.1) is 6.92 Å². The topological polar surface area (TPSA) is 47.9 Å². The maximum atomic E-state index is 12.5. The zero-order valence-electron chi connectivity index (χ0n) is 16.8. The van der Waals surface area contributed by atoms with Crippen LogP contribution in [0.5, 0.6) is 0 Å². The van der Waals surface area contributed by atoms with Crippen LogP contribution in [0.15, 0.2) is 29.3 Å². The highest BCUT2D eigenvalue weighted by Gasteiger charge is 2.22. The Balaban J connectivity index is 1.93. The molecule has 1 unspecified atom stereocenters. The lowest BCUT2D eigenvalue weighted by atomic mass is 10.0. The summed E-state index contributed by atoms with van der Waals surface area (Å²) in [5.41, 5.74) is 2.57. The second kappa shape index (κ2) is 10.2. The van der Waals surface area contributed by atoms with Crippen LogP contribution in [0.4, 0.5) is 0 Å². The number of aliphatic imine (C=N–C) groups is 1. The molecule has 1 atom stereocenters. The molecule has 5 heteroatoms. The van der Waals surface area contributed by atoms with E-state index in [9.17, 15) is 4.79 Å². The molecule has 1 heterocycles. The maximum Gasteiger partial charge on any atom is 0.224 e. The van der Waals surface area contributed by atoms with E-state index >= 15 is 0 Å². The first kappa shape index (κ1) is 20.3. The molecule has 5 nitrogen and oxygen atoms in total. The largest absolute Gasteiger partial charge is 0.357 e. The van der Waals surface area contributed by atoms with E-state index < -0.39 is 0 Å². The number of amides is 1. The molecule has 1 aliphatic rings. The van der Waals surface area contributed by atoms with Crippen molar-refractivity contribution in [3.05, 3.63) is 35.4 Å². The first-order valence-corrected chi connectivity index (χ1v) is 9.86. The molecule has 1 fully saturated rings. The van der Waals surface area contributed by atoms with Crippen molar-refractivity contribution in [3.8, 4) is 0 Å². The van der Waals surface area contributed by atoms with E-state index in [1.165, 1.54) is 17.5 Å². The Hall–Kier alpha value is -2.04. The van der Waals surface area contributed by atoms with Gasteiger partial charge in [-0.05, 0) is 51.2 Å². The first-order valence-electron chi connectivity index (χ1n) is 9.86. The number of nitrogens with one attached hydrogen (secondary N) is 1. The van der Waals surface area contributed by atoms with E-state index in [1.807, 2.05) is 11.9 Å². The number of benzene rings is 1. The molecule has 1 N–H and O–H groups in total. The summed E-state index contributed by atoms with van der Waals surface area (Å²) < 4.78 is 0. The zero-order valence-corrected chi connectivity index (χ0v) is 16.8. The average Bonchev–Trinajstić information content (AvgIpc) is 2.63. The van der Waals surface area contributed by atoms with E-state index in [2.05, 4.69) is 60.2 Å². The van der Waals surface area contributed by atoms with Crippen LogP contribution in [0.1, 0.15) is 50.7 Å². The standard InChI is InChI=1S/C21H34N4O/c1-5-22-21(24(4)16-19-12-7-6-10-17(19)2)23-14-13-20(26)25-15-9-8-11-18(25)3/h6-7,10,12,18H,5,8-9,11,13-16H2,1-4H3,(H,22,23). The van der Waals surface area contributed by atoms with Gasteiger partial charge in [-0.3, -0.25) is 9.79 Å². The van der Waals surface area contributed by atoms with Gasteiger partial charge in [-0.1, -0.05) is 24.3 Å².